The van der Waals surface area contributed by atoms with Gasteiger partial charge in [-0.1, -0.05) is 29.7 Å². The quantitative estimate of drug-likeness (QED) is 0.197. The highest BCUT2D eigenvalue weighted by molar-refractivity contribution is 7.53. The Bertz CT molecular complexity index is 1150. The Morgan fingerprint density at radius 2 is 1.92 bits per heavy atom. The van der Waals surface area contributed by atoms with E-state index in [0.29, 0.717) is 5.69 Å². The molecule has 0 spiro atoms. The summed E-state index contributed by atoms with van der Waals surface area (Å²) in [6, 6.07) is 1.73. The summed E-state index contributed by atoms with van der Waals surface area (Å²) in [4.78, 5) is 22.6. The normalized spacial score (nSPS) is 27.6. The average Bonchev–Trinajstić information content (AvgIpc) is 3.49. The lowest BCUT2D eigenvalue weighted by molar-refractivity contribution is -0.265. The molecule has 1 unspecified atom stereocenters. The number of nitrogens with zero attached hydrogens (tertiary/aromatic N) is 4. The molecule has 1 saturated carbocycles. The molecule has 0 aromatic carbocycles. The maximum Gasteiger partial charge on any atom is 0.431 e. The Labute approximate surface area is 206 Å². The van der Waals surface area contributed by atoms with Crippen LogP contribution in [-0.4, -0.2) is 94.2 Å². The molecule has 36 heavy (non-hydrogen) atoms. The molecule has 3 heterocycles. The fourth-order valence-corrected chi connectivity index (χ4v) is 5.25. The number of pyridine rings is 1. The Kier molecular flexibility index (Phi) is 7.56. The van der Waals surface area contributed by atoms with Crippen molar-refractivity contribution in [1.29, 1.82) is 0 Å². The summed E-state index contributed by atoms with van der Waals surface area (Å²) in [5.74, 6) is 0. The molecule has 2 aromatic heterocycles. The molecule has 1 aliphatic heterocycles. The van der Waals surface area contributed by atoms with Crippen molar-refractivity contribution < 1.29 is 52.3 Å². The molecule has 1 aliphatic carbocycles. The van der Waals surface area contributed by atoms with Gasteiger partial charge in [0.15, 0.2) is 17.4 Å². The second-order valence-corrected chi connectivity index (χ2v) is 10.9. The summed E-state index contributed by atoms with van der Waals surface area (Å²) in [5, 5.41) is 37.1. The van der Waals surface area contributed by atoms with Gasteiger partial charge in [0.2, 0.25) is 0 Å². The van der Waals surface area contributed by atoms with Crippen LogP contribution < -0.4 is 5.32 Å². The summed E-state index contributed by atoms with van der Waals surface area (Å²) in [5.41, 5.74) is 0.848. The summed E-state index contributed by atoms with van der Waals surface area (Å²) in [6.07, 6.45) is -8.49. The van der Waals surface area contributed by atoms with Crippen LogP contribution in [0, 0.1) is 0 Å². The molecule has 13 nitrogen and oxygen atoms in total. The highest BCUT2D eigenvalue weighted by atomic mass is 35.5. The second-order valence-electron chi connectivity index (χ2n) is 8.67. The number of alkyl halides is 3. The van der Waals surface area contributed by atoms with E-state index < -0.39 is 56.9 Å². The fourth-order valence-electron chi connectivity index (χ4n) is 4.31. The third kappa shape index (κ3) is 4.81. The van der Waals surface area contributed by atoms with Crippen LogP contribution in [0.1, 0.15) is 31.9 Å². The van der Waals surface area contributed by atoms with Crippen LogP contribution in [0.5, 0.6) is 0 Å². The van der Waals surface area contributed by atoms with Gasteiger partial charge in [0.05, 0.1) is 18.9 Å². The molecule has 5 atom stereocenters. The first-order valence-electron chi connectivity index (χ1n) is 10.9. The maximum atomic E-state index is 13.4. The van der Waals surface area contributed by atoms with Crippen molar-refractivity contribution in [3.8, 4) is 0 Å². The highest BCUT2D eigenvalue weighted by Gasteiger charge is 2.68. The Morgan fingerprint density at radius 1 is 1.25 bits per heavy atom. The predicted octanol–water partition coefficient (Wildman–Crippen LogP) is 0.899. The first-order chi connectivity index (χ1) is 16.8. The number of anilines is 1. The number of aromatic nitrogens is 4. The van der Waals surface area contributed by atoms with E-state index >= 15 is 0 Å². The number of ether oxygens (including phenoxy) is 2. The first-order valence-corrected chi connectivity index (χ1v) is 12.8. The van der Waals surface area contributed by atoms with Gasteiger partial charge in [-0.15, -0.1) is 5.10 Å². The number of aliphatic hydroxyl groups is 3. The largest absolute Gasteiger partial charge is 0.431 e. The van der Waals surface area contributed by atoms with E-state index in [1.165, 1.54) is 0 Å². The van der Waals surface area contributed by atoms with Crippen molar-refractivity contribution in [2.45, 2.75) is 67.8 Å². The van der Waals surface area contributed by atoms with E-state index in [1.54, 1.807) is 6.07 Å². The van der Waals surface area contributed by atoms with E-state index in [1.807, 2.05) is 0 Å². The van der Waals surface area contributed by atoms with Crippen LogP contribution in [0.2, 0.25) is 5.15 Å². The third-order valence-electron chi connectivity index (χ3n) is 6.31. The lowest BCUT2D eigenvalue weighted by atomic mass is 10.1. The van der Waals surface area contributed by atoms with Gasteiger partial charge in [-0.25, -0.2) is 4.98 Å². The minimum absolute atomic E-state index is 0.0519. The molecule has 2 fully saturated rings. The molecule has 2 aromatic rings. The zero-order chi connectivity index (χ0) is 26.5. The molecule has 18 heteroatoms. The summed E-state index contributed by atoms with van der Waals surface area (Å²) < 4.78 is 62.7. The molecule has 1 saturated heterocycles. The monoisotopic (exact) mass is 561 g/mol. The smallest absolute Gasteiger partial charge is 0.392 e. The number of rotatable bonds is 8. The van der Waals surface area contributed by atoms with Gasteiger partial charge in [-0.2, -0.15) is 17.9 Å². The van der Waals surface area contributed by atoms with Crippen molar-refractivity contribution in [2.24, 2.45) is 0 Å². The van der Waals surface area contributed by atoms with E-state index in [9.17, 15) is 42.8 Å². The topological polar surface area (TPSA) is 192 Å². The minimum Gasteiger partial charge on any atom is -0.392 e. The Morgan fingerprint density at radius 3 is 2.50 bits per heavy atom. The second kappa shape index (κ2) is 9.93. The van der Waals surface area contributed by atoms with Crippen LogP contribution in [-0.2, 0) is 14.0 Å². The van der Waals surface area contributed by atoms with Gasteiger partial charge < -0.3 is 39.9 Å². The Balaban J connectivity index is 1.58. The zero-order valence-electron chi connectivity index (χ0n) is 18.4. The number of hydrogen-bond donors (Lipinski definition) is 6. The summed E-state index contributed by atoms with van der Waals surface area (Å²) in [6.45, 7) is -3.34. The van der Waals surface area contributed by atoms with Gasteiger partial charge in [0.1, 0.15) is 23.5 Å². The van der Waals surface area contributed by atoms with Crippen LogP contribution >= 0.6 is 19.2 Å². The van der Waals surface area contributed by atoms with Gasteiger partial charge in [-0.05, 0) is 12.8 Å². The molecule has 4 rings (SSSR count). The molecule has 202 valence electrons. The van der Waals surface area contributed by atoms with E-state index in [-0.39, 0.29) is 22.4 Å². The highest BCUT2D eigenvalue weighted by Crippen LogP contribution is 2.59. The molecular weight excluding hydrogens is 538 g/mol. The standard InChI is InChI=1S/C18H24ClF3N5O8P/c19-11-5-9(23-8-3-1-2-4-8)12-15(24-11)27(26-25-12)16-14(30)13(29)10(35-16)6-34-17(7-28,18(20,21)22)36(31,32)33/h5,8,10,13-14,16,28-30H,1-4,6-7H2,(H,23,24)(H2,31,32,33)/t10-,13-,14-,16-,17?/m1/s1. The number of aliphatic hydroxyl groups excluding tert-OH is 3. The van der Waals surface area contributed by atoms with Crippen molar-refractivity contribution in [2.75, 3.05) is 18.5 Å². The average molecular weight is 562 g/mol. The minimum atomic E-state index is -6.10. The van der Waals surface area contributed by atoms with E-state index in [2.05, 4.69) is 25.3 Å². The summed E-state index contributed by atoms with van der Waals surface area (Å²) in [7, 11) is -6.10. The lowest BCUT2D eigenvalue weighted by Gasteiger charge is -2.34. The van der Waals surface area contributed by atoms with E-state index in [4.69, 9.17) is 16.3 Å². The van der Waals surface area contributed by atoms with Crippen LogP contribution in [0.25, 0.3) is 11.2 Å². The number of hydrogen-bond acceptors (Lipinski definition) is 10. The van der Waals surface area contributed by atoms with Gasteiger partial charge in [0, 0.05) is 12.1 Å². The van der Waals surface area contributed by atoms with Crippen molar-refractivity contribution in [3.05, 3.63) is 11.2 Å². The molecule has 0 amide bonds. The predicted molar refractivity (Wildman–Crippen MR) is 116 cm³/mol. The number of nitrogens with one attached hydrogen (secondary N) is 1. The van der Waals surface area contributed by atoms with Crippen molar-refractivity contribution in [1.82, 2.24) is 20.0 Å². The summed E-state index contributed by atoms with van der Waals surface area (Å²) >= 11 is 6.14. The van der Waals surface area contributed by atoms with Crippen LogP contribution in [0.3, 0.4) is 0 Å². The SMILES string of the molecule is O=P(O)(O)C(CO)(OC[C@H]1O[C@@H](n2nnc3c(NC4CCCC4)cc(Cl)nc32)[C@H](O)[C@@H]1O)C(F)(F)F. The van der Waals surface area contributed by atoms with Gasteiger partial charge in [-0.3, -0.25) is 4.57 Å². The van der Waals surface area contributed by atoms with E-state index in [0.717, 1.165) is 30.4 Å². The van der Waals surface area contributed by atoms with Crippen LogP contribution in [0.15, 0.2) is 6.07 Å². The Hall–Kier alpha value is -1.62. The zero-order valence-corrected chi connectivity index (χ0v) is 20.1. The third-order valence-corrected chi connectivity index (χ3v) is 7.97. The van der Waals surface area contributed by atoms with Crippen LogP contribution in [0.4, 0.5) is 18.9 Å². The van der Waals surface area contributed by atoms with Crippen molar-refractivity contribution in [3.63, 3.8) is 0 Å². The number of halogens is 4. The fraction of sp³-hybridized carbons (Fsp3) is 0.722. The number of fused-ring (bicyclic) bond motifs is 1. The molecule has 2 aliphatic rings. The molecule has 0 bridgehead atoms. The van der Waals surface area contributed by atoms with Gasteiger partial charge in [0.25, 0.3) is 5.34 Å². The molecule has 6 N–H and O–H groups in total. The lowest BCUT2D eigenvalue weighted by Crippen LogP contribution is -2.52. The maximum absolute atomic E-state index is 13.4. The van der Waals surface area contributed by atoms with Gasteiger partial charge >= 0.3 is 13.8 Å². The molecular formula is C18H24ClF3N5O8P. The van der Waals surface area contributed by atoms with Crippen molar-refractivity contribution >= 4 is 36.0 Å². The first kappa shape index (κ1) is 27.4. The molecule has 0 radical (unpaired) electrons.